The van der Waals surface area contributed by atoms with E-state index in [2.05, 4.69) is 0 Å². The molecule has 0 spiro atoms. The Kier molecular flexibility index (Phi) is 123. The van der Waals surface area contributed by atoms with Gasteiger partial charge in [0, 0.05) is 86.6 Å². The quantitative estimate of drug-likeness (QED) is 0.480. The van der Waals surface area contributed by atoms with Crippen LogP contribution in [-0.2, 0) is 17.1 Å². The molecular formula is FeGaInSn. The summed E-state index contributed by atoms with van der Waals surface area (Å²) in [5.74, 6) is 0. The van der Waals surface area contributed by atoms with Gasteiger partial charge in [-0.05, 0) is 0 Å². The largest absolute Gasteiger partial charge is 0 e. The average molecular weight is 359 g/mol. The van der Waals surface area contributed by atoms with Gasteiger partial charge in [0.15, 0.2) is 0 Å². The van der Waals surface area contributed by atoms with Gasteiger partial charge in [-0.2, -0.15) is 0 Å². The Labute approximate surface area is 85.1 Å². The predicted octanol–water partition coefficient (Wildman–Crippen LogP) is -1.14. The Hall–Kier alpha value is 2.82. The maximum absolute atomic E-state index is 0. The third-order valence-electron chi connectivity index (χ3n) is 0. The van der Waals surface area contributed by atoms with Gasteiger partial charge in [0.25, 0.3) is 0 Å². The molecule has 0 aromatic carbocycles. The molecule has 0 unspecified atom stereocenters. The molecule has 0 fully saturated rings. The van der Waals surface area contributed by atoms with E-state index in [1.54, 1.807) is 0 Å². The zero-order valence-electron chi connectivity index (χ0n) is 2.01. The molecule has 0 aliphatic rings. The zero-order chi connectivity index (χ0) is 0. The Morgan fingerprint density at radius 3 is 1.00 bits per heavy atom. The molecule has 0 atom stereocenters. The summed E-state index contributed by atoms with van der Waals surface area (Å²) in [5.41, 5.74) is 0. The summed E-state index contributed by atoms with van der Waals surface area (Å²) in [6.07, 6.45) is 0. The molecule has 0 aliphatic heterocycles. The van der Waals surface area contributed by atoms with Crippen molar-refractivity contribution in [2.75, 3.05) is 0 Å². The minimum atomic E-state index is 0. The molecule has 0 saturated heterocycles. The summed E-state index contributed by atoms with van der Waals surface area (Å²) < 4.78 is 0. The van der Waals surface area contributed by atoms with Gasteiger partial charge < -0.3 is 0 Å². The van der Waals surface area contributed by atoms with Gasteiger partial charge >= 0.3 is 0 Å². The van der Waals surface area contributed by atoms with Crippen molar-refractivity contribution in [3.63, 3.8) is 0 Å². The maximum atomic E-state index is 0. The minimum absolute atomic E-state index is 0. The smallest absolute Gasteiger partial charge is 0 e. The van der Waals surface area contributed by atoms with Gasteiger partial charge in [0.05, 0.1) is 0 Å². The molecule has 0 aromatic rings. The molecule has 0 heterocycles. The van der Waals surface area contributed by atoms with Crippen LogP contribution in [0.15, 0.2) is 0 Å². The standard InChI is InChI=1S/Fe.Ga.In.Sn. The Morgan fingerprint density at radius 2 is 1.00 bits per heavy atom. The van der Waals surface area contributed by atoms with Crippen LogP contribution in [-0.4, -0.2) is 69.5 Å². The van der Waals surface area contributed by atoms with Crippen molar-refractivity contribution in [1.82, 2.24) is 0 Å². The Bertz CT molecular complexity index is 8.00. The second-order valence-electron chi connectivity index (χ2n) is 0. The van der Waals surface area contributed by atoms with Crippen LogP contribution in [0.3, 0.4) is 0 Å². The van der Waals surface area contributed by atoms with Crippen LogP contribution in [0.5, 0.6) is 0 Å². The predicted molar refractivity (Wildman–Crippen MR) is 17.3 cm³/mol. The first kappa shape index (κ1) is 29.0. The molecule has 0 nitrogen and oxygen atoms in total. The zero-order valence-corrected chi connectivity index (χ0v) is 11.7. The Morgan fingerprint density at radius 1 is 1.00 bits per heavy atom. The van der Waals surface area contributed by atoms with Crippen LogP contribution >= 0.6 is 0 Å². The van der Waals surface area contributed by atoms with Crippen LogP contribution in [0.4, 0.5) is 0 Å². The first-order chi connectivity index (χ1) is 0. The van der Waals surface area contributed by atoms with Gasteiger partial charge in [-0.3, -0.25) is 0 Å². The molecular weight excluding hydrogens is 359 g/mol. The molecule has 4 heteroatoms. The first-order valence-electron chi connectivity index (χ1n) is 0. The average Bonchev–Trinajstić information content (AvgIpc) is 0. The van der Waals surface area contributed by atoms with Gasteiger partial charge in [-0.15, -0.1) is 0 Å². The van der Waals surface area contributed by atoms with Crippen molar-refractivity contribution in [3.8, 4) is 0 Å². The monoisotopic (exact) mass is 360 g/mol. The van der Waals surface area contributed by atoms with Crippen molar-refractivity contribution in [2.24, 2.45) is 0 Å². The normalized spacial score (nSPS) is 0. The summed E-state index contributed by atoms with van der Waals surface area (Å²) in [5, 5.41) is 0. The van der Waals surface area contributed by atoms with E-state index in [9.17, 15) is 0 Å². The maximum Gasteiger partial charge on any atom is 0 e. The molecule has 4 heavy (non-hydrogen) atoms. The van der Waals surface area contributed by atoms with E-state index in [0.29, 0.717) is 0 Å². The van der Waals surface area contributed by atoms with Crippen LogP contribution in [0, 0.1) is 0 Å². The second-order valence-corrected chi connectivity index (χ2v) is 0. The van der Waals surface area contributed by atoms with E-state index in [4.69, 9.17) is 0 Å². The summed E-state index contributed by atoms with van der Waals surface area (Å²) in [7, 11) is 0. The third kappa shape index (κ3) is 8.85. The first-order valence-corrected chi connectivity index (χ1v) is 0. The van der Waals surface area contributed by atoms with E-state index >= 15 is 0 Å². The van der Waals surface area contributed by atoms with E-state index < -0.39 is 0 Å². The fraction of sp³-hybridized carbons (Fsp3) is 0. The van der Waals surface area contributed by atoms with Crippen molar-refractivity contribution in [3.05, 3.63) is 0 Å². The summed E-state index contributed by atoms with van der Waals surface area (Å²) >= 11 is 0. The van der Waals surface area contributed by atoms with Crippen LogP contribution in [0.25, 0.3) is 0 Å². The van der Waals surface area contributed by atoms with E-state index in [-0.39, 0.29) is 86.6 Å². The fourth-order valence-electron chi connectivity index (χ4n) is 0. The summed E-state index contributed by atoms with van der Waals surface area (Å²) in [6.45, 7) is 0. The van der Waals surface area contributed by atoms with Gasteiger partial charge in [-0.25, -0.2) is 0 Å². The van der Waals surface area contributed by atoms with Crippen molar-refractivity contribution in [1.29, 1.82) is 0 Å². The second kappa shape index (κ2) is 17.0. The van der Waals surface area contributed by atoms with E-state index in [1.165, 1.54) is 0 Å². The van der Waals surface area contributed by atoms with Crippen LogP contribution in [0.2, 0.25) is 0 Å². The fourth-order valence-corrected chi connectivity index (χ4v) is 0. The van der Waals surface area contributed by atoms with Crippen molar-refractivity contribution < 1.29 is 17.1 Å². The molecule has 18 valence electrons. The minimum Gasteiger partial charge on any atom is 0 e. The van der Waals surface area contributed by atoms with E-state index in [1.807, 2.05) is 0 Å². The van der Waals surface area contributed by atoms with Gasteiger partial charge in [0.1, 0.15) is 0 Å². The molecule has 0 amide bonds. The number of hydrogen-bond acceptors (Lipinski definition) is 0. The van der Waals surface area contributed by atoms with E-state index in [0.717, 1.165) is 0 Å². The molecule has 10 radical (unpaired) electrons. The molecule has 0 aromatic heterocycles. The SMILES string of the molecule is [Fe].[Ga].[In].[Sn]. The summed E-state index contributed by atoms with van der Waals surface area (Å²) in [4.78, 5) is 0. The van der Waals surface area contributed by atoms with Crippen LogP contribution < -0.4 is 0 Å². The number of rotatable bonds is 0. The van der Waals surface area contributed by atoms with Gasteiger partial charge in [0.2, 0.25) is 0 Å². The molecule has 0 saturated carbocycles. The van der Waals surface area contributed by atoms with Crippen molar-refractivity contribution in [2.45, 2.75) is 0 Å². The van der Waals surface area contributed by atoms with Crippen LogP contribution in [0.1, 0.15) is 0 Å². The molecule has 0 aliphatic carbocycles. The molecule has 0 bridgehead atoms. The van der Waals surface area contributed by atoms with Crippen molar-refractivity contribution >= 4 is 69.5 Å². The Balaban J connectivity index is 0. The molecule has 0 N–H and O–H groups in total. The molecule has 0 rings (SSSR count). The summed E-state index contributed by atoms with van der Waals surface area (Å²) in [6, 6.07) is 0. The third-order valence-corrected chi connectivity index (χ3v) is 0. The number of hydrogen-bond donors (Lipinski definition) is 0. The van der Waals surface area contributed by atoms with Gasteiger partial charge in [-0.1, -0.05) is 0 Å². The topological polar surface area (TPSA) is 0 Å².